The topological polar surface area (TPSA) is 58.3 Å². The van der Waals surface area contributed by atoms with E-state index >= 15 is 0 Å². The fourth-order valence-corrected chi connectivity index (χ4v) is 1.42. The lowest BCUT2D eigenvalue weighted by atomic mass is 10.3. The van der Waals surface area contributed by atoms with Crippen molar-refractivity contribution in [1.82, 2.24) is 10.3 Å². The molecule has 0 amide bonds. The zero-order valence-corrected chi connectivity index (χ0v) is 9.10. The molecule has 0 spiro atoms. The van der Waals surface area contributed by atoms with Gasteiger partial charge in [0.15, 0.2) is 0 Å². The molecule has 0 saturated heterocycles. The van der Waals surface area contributed by atoms with Crippen molar-refractivity contribution in [2.45, 2.75) is 20.0 Å². The Morgan fingerprint density at radius 2 is 2.12 bits per heavy atom. The van der Waals surface area contributed by atoms with Gasteiger partial charge in [-0.15, -0.1) is 0 Å². The third-order valence-electron chi connectivity index (χ3n) is 2.21. The van der Waals surface area contributed by atoms with Crippen LogP contribution < -0.4 is 5.32 Å². The van der Waals surface area contributed by atoms with E-state index < -0.39 is 0 Å². The Hall–Kier alpha value is -1.81. The van der Waals surface area contributed by atoms with Crippen molar-refractivity contribution in [2.24, 2.45) is 0 Å². The first-order chi connectivity index (χ1) is 7.74. The summed E-state index contributed by atoms with van der Waals surface area (Å²) in [4.78, 5) is 4.07. The number of aryl methyl sites for hydroxylation is 1. The molecular formula is C12H14N2O2. The van der Waals surface area contributed by atoms with Gasteiger partial charge in [0.2, 0.25) is 0 Å². The van der Waals surface area contributed by atoms with Crippen molar-refractivity contribution >= 4 is 0 Å². The molecule has 0 unspecified atom stereocenters. The monoisotopic (exact) mass is 218 g/mol. The molecule has 84 valence electrons. The average Bonchev–Trinajstić information content (AvgIpc) is 2.67. The Labute approximate surface area is 93.9 Å². The summed E-state index contributed by atoms with van der Waals surface area (Å²) in [6.45, 7) is 3.25. The van der Waals surface area contributed by atoms with Crippen LogP contribution in [-0.2, 0) is 13.1 Å². The molecule has 2 rings (SSSR count). The van der Waals surface area contributed by atoms with E-state index in [9.17, 15) is 0 Å². The van der Waals surface area contributed by atoms with Gasteiger partial charge in [0.25, 0.3) is 0 Å². The number of aromatic nitrogens is 1. The van der Waals surface area contributed by atoms with Gasteiger partial charge in [-0.3, -0.25) is 4.98 Å². The number of nitrogens with zero attached hydrogens (tertiary/aromatic N) is 1. The van der Waals surface area contributed by atoms with Crippen LogP contribution in [0.4, 0.5) is 0 Å². The maximum absolute atomic E-state index is 9.06. The van der Waals surface area contributed by atoms with Crippen molar-refractivity contribution in [3.8, 4) is 5.75 Å². The van der Waals surface area contributed by atoms with Crippen molar-refractivity contribution in [3.05, 3.63) is 47.7 Å². The van der Waals surface area contributed by atoms with Crippen LogP contribution >= 0.6 is 0 Å². The van der Waals surface area contributed by atoms with E-state index in [0.29, 0.717) is 13.1 Å². The summed E-state index contributed by atoms with van der Waals surface area (Å²) in [5.74, 6) is 2.02. The summed E-state index contributed by atoms with van der Waals surface area (Å²) in [6, 6.07) is 7.30. The molecule has 0 saturated carbocycles. The smallest absolute Gasteiger partial charge is 0.133 e. The van der Waals surface area contributed by atoms with Crippen LogP contribution in [0.3, 0.4) is 0 Å². The fraction of sp³-hybridized carbons (Fsp3) is 0.250. The first-order valence-electron chi connectivity index (χ1n) is 5.14. The van der Waals surface area contributed by atoms with Crippen LogP contribution in [0.25, 0.3) is 0 Å². The zero-order chi connectivity index (χ0) is 11.4. The minimum Gasteiger partial charge on any atom is -0.506 e. The predicted molar refractivity (Wildman–Crippen MR) is 59.9 cm³/mol. The third kappa shape index (κ3) is 2.84. The fourth-order valence-electron chi connectivity index (χ4n) is 1.42. The molecule has 4 heteroatoms. The Balaban J connectivity index is 1.82. The predicted octanol–water partition coefficient (Wildman–Crippen LogP) is 1.98. The molecule has 0 radical (unpaired) electrons. The lowest BCUT2D eigenvalue weighted by molar-refractivity contribution is 0.459. The third-order valence-corrected chi connectivity index (χ3v) is 2.21. The van der Waals surface area contributed by atoms with Gasteiger partial charge in [-0.05, 0) is 31.2 Å². The van der Waals surface area contributed by atoms with Crippen LogP contribution in [-0.4, -0.2) is 10.1 Å². The molecular weight excluding hydrogens is 204 g/mol. The minimum atomic E-state index is 0.186. The molecule has 0 aliphatic heterocycles. The van der Waals surface area contributed by atoms with Crippen LogP contribution in [0.2, 0.25) is 0 Å². The highest BCUT2D eigenvalue weighted by molar-refractivity contribution is 5.17. The van der Waals surface area contributed by atoms with E-state index in [1.807, 2.05) is 19.1 Å². The highest BCUT2D eigenvalue weighted by atomic mass is 16.3. The molecule has 0 bridgehead atoms. The number of hydrogen-bond donors (Lipinski definition) is 2. The van der Waals surface area contributed by atoms with Crippen molar-refractivity contribution in [1.29, 1.82) is 0 Å². The van der Waals surface area contributed by atoms with E-state index in [1.165, 1.54) is 6.20 Å². The summed E-state index contributed by atoms with van der Waals surface area (Å²) >= 11 is 0. The number of pyridine rings is 1. The normalized spacial score (nSPS) is 10.6. The molecule has 2 heterocycles. The van der Waals surface area contributed by atoms with Gasteiger partial charge in [0.1, 0.15) is 17.3 Å². The van der Waals surface area contributed by atoms with Gasteiger partial charge in [-0.1, -0.05) is 0 Å². The lowest BCUT2D eigenvalue weighted by Gasteiger charge is -2.02. The Bertz CT molecular complexity index is 448. The molecule has 0 fully saturated rings. The molecule has 0 aliphatic rings. The molecule has 0 aromatic carbocycles. The Morgan fingerprint density at radius 1 is 1.25 bits per heavy atom. The molecule has 16 heavy (non-hydrogen) atoms. The Kier molecular flexibility index (Phi) is 3.22. The van der Waals surface area contributed by atoms with Crippen LogP contribution in [0.15, 0.2) is 34.9 Å². The van der Waals surface area contributed by atoms with Crippen LogP contribution in [0.5, 0.6) is 5.75 Å². The molecule has 2 N–H and O–H groups in total. The highest BCUT2D eigenvalue weighted by Gasteiger charge is 1.99. The van der Waals surface area contributed by atoms with Crippen LogP contribution in [0, 0.1) is 6.92 Å². The molecule has 2 aromatic rings. The quantitative estimate of drug-likeness (QED) is 0.823. The lowest BCUT2D eigenvalue weighted by Crippen LogP contribution is -2.12. The van der Waals surface area contributed by atoms with Gasteiger partial charge in [0, 0.05) is 6.54 Å². The van der Waals surface area contributed by atoms with Gasteiger partial charge in [0.05, 0.1) is 18.4 Å². The van der Waals surface area contributed by atoms with Crippen molar-refractivity contribution < 1.29 is 9.52 Å². The van der Waals surface area contributed by atoms with Crippen molar-refractivity contribution in [3.63, 3.8) is 0 Å². The first-order valence-corrected chi connectivity index (χ1v) is 5.14. The summed E-state index contributed by atoms with van der Waals surface area (Å²) in [5, 5.41) is 12.3. The SMILES string of the molecule is Cc1ccc(CNCc2ccc(O)cn2)o1. The van der Waals surface area contributed by atoms with Crippen LogP contribution in [0.1, 0.15) is 17.2 Å². The maximum atomic E-state index is 9.06. The number of aromatic hydroxyl groups is 1. The second kappa shape index (κ2) is 4.81. The van der Waals surface area contributed by atoms with E-state index in [0.717, 1.165) is 17.2 Å². The zero-order valence-electron chi connectivity index (χ0n) is 9.10. The van der Waals surface area contributed by atoms with Gasteiger partial charge in [-0.25, -0.2) is 0 Å². The summed E-state index contributed by atoms with van der Waals surface area (Å²) in [6.07, 6.45) is 1.44. The highest BCUT2D eigenvalue weighted by Crippen LogP contribution is 2.07. The summed E-state index contributed by atoms with van der Waals surface area (Å²) in [5.41, 5.74) is 0.890. The standard InChI is InChI=1S/C12H14N2O2/c1-9-2-5-12(16-9)8-13-6-10-3-4-11(15)7-14-10/h2-5,7,13,15H,6,8H2,1H3. The van der Waals surface area contributed by atoms with E-state index in [-0.39, 0.29) is 5.75 Å². The summed E-state index contributed by atoms with van der Waals surface area (Å²) < 4.78 is 5.42. The number of rotatable bonds is 4. The summed E-state index contributed by atoms with van der Waals surface area (Å²) in [7, 11) is 0. The van der Waals surface area contributed by atoms with Gasteiger partial charge in [-0.2, -0.15) is 0 Å². The molecule has 0 aliphatic carbocycles. The second-order valence-corrected chi connectivity index (χ2v) is 3.62. The first kappa shape index (κ1) is 10.7. The number of furan rings is 1. The Morgan fingerprint density at radius 3 is 2.75 bits per heavy atom. The minimum absolute atomic E-state index is 0.186. The molecule has 2 aromatic heterocycles. The average molecular weight is 218 g/mol. The molecule has 4 nitrogen and oxygen atoms in total. The second-order valence-electron chi connectivity index (χ2n) is 3.62. The van der Waals surface area contributed by atoms with E-state index in [2.05, 4.69) is 10.3 Å². The van der Waals surface area contributed by atoms with Gasteiger partial charge >= 0.3 is 0 Å². The largest absolute Gasteiger partial charge is 0.506 e. The van der Waals surface area contributed by atoms with E-state index in [4.69, 9.17) is 9.52 Å². The maximum Gasteiger partial charge on any atom is 0.133 e. The van der Waals surface area contributed by atoms with Gasteiger partial charge < -0.3 is 14.8 Å². The number of nitrogens with one attached hydrogen (secondary N) is 1. The number of hydrogen-bond acceptors (Lipinski definition) is 4. The van der Waals surface area contributed by atoms with E-state index in [1.54, 1.807) is 12.1 Å². The molecule has 0 atom stereocenters. The van der Waals surface area contributed by atoms with Crippen molar-refractivity contribution in [2.75, 3.05) is 0 Å².